The minimum atomic E-state index is 0.257. The summed E-state index contributed by atoms with van der Waals surface area (Å²) in [6.07, 6.45) is 2.65. The first-order valence-corrected chi connectivity index (χ1v) is 9.00. The largest absolute Gasteiger partial charge is 0.508 e. The molecule has 4 nitrogen and oxygen atoms in total. The van der Waals surface area contributed by atoms with E-state index in [1.165, 1.54) is 5.56 Å². The Morgan fingerprint density at radius 3 is 2.46 bits per heavy atom. The Kier molecular flexibility index (Phi) is 5.92. The van der Waals surface area contributed by atoms with E-state index < -0.39 is 0 Å². The summed E-state index contributed by atoms with van der Waals surface area (Å²) in [6.45, 7) is 3.12. The number of para-hydroxylation sites is 1. The minimum absolute atomic E-state index is 0.257. The number of aryl methyl sites for hydroxylation is 1. The first-order chi connectivity index (χ1) is 12.7. The van der Waals surface area contributed by atoms with Crippen LogP contribution in [0.15, 0.2) is 71.3 Å². The van der Waals surface area contributed by atoms with Crippen molar-refractivity contribution in [3.05, 3.63) is 83.8 Å². The number of thiocarbonyl (C=S) groups is 1. The number of furan rings is 1. The molecule has 1 heterocycles. The van der Waals surface area contributed by atoms with Crippen LogP contribution in [-0.4, -0.2) is 15.1 Å². The summed E-state index contributed by atoms with van der Waals surface area (Å²) < 4.78 is 5.47. The molecule has 0 aliphatic carbocycles. The summed E-state index contributed by atoms with van der Waals surface area (Å²) in [5.41, 5.74) is 3.03. The predicted octanol–water partition coefficient (Wildman–Crippen LogP) is 4.95. The Morgan fingerprint density at radius 2 is 1.81 bits per heavy atom. The van der Waals surface area contributed by atoms with E-state index in [1.54, 1.807) is 12.3 Å². The molecule has 0 saturated carbocycles. The van der Waals surface area contributed by atoms with Gasteiger partial charge in [0.25, 0.3) is 0 Å². The maximum Gasteiger partial charge on any atom is 0.174 e. The van der Waals surface area contributed by atoms with Gasteiger partial charge in [0.05, 0.1) is 12.8 Å². The van der Waals surface area contributed by atoms with E-state index in [2.05, 4.69) is 24.4 Å². The summed E-state index contributed by atoms with van der Waals surface area (Å²) >= 11 is 5.63. The number of hydrogen-bond donors (Lipinski definition) is 2. The second kappa shape index (κ2) is 8.54. The van der Waals surface area contributed by atoms with Crippen LogP contribution in [0, 0.1) is 0 Å². The number of hydrogen-bond acceptors (Lipinski definition) is 3. The molecule has 0 radical (unpaired) electrons. The van der Waals surface area contributed by atoms with Gasteiger partial charge in [-0.25, -0.2) is 0 Å². The molecule has 26 heavy (non-hydrogen) atoms. The normalized spacial score (nSPS) is 10.5. The topological polar surface area (TPSA) is 48.6 Å². The monoisotopic (exact) mass is 366 g/mol. The van der Waals surface area contributed by atoms with Gasteiger partial charge in [0.2, 0.25) is 0 Å². The van der Waals surface area contributed by atoms with Crippen molar-refractivity contribution in [2.24, 2.45) is 0 Å². The number of benzene rings is 2. The van der Waals surface area contributed by atoms with E-state index in [4.69, 9.17) is 16.6 Å². The number of anilines is 1. The zero-order valence-corrected chi connectivity index (χ0v) is 15.5. The highest BCUT2D eigenvalue weighted by Gasteiger charge is 2.15. The maximum absolute atomic E-state index is 10.1. The van der Waals surface area contributed by atoms with E-state index in [-0.39, 0.29) is 5.75 Å². The summed E-state index contributed by atoms with van der Waals surface area (Å²) in [5.74, 6) is 1.07. The van der Waals surface area contributed by atoms with Crippen molar-refractivity contribution in [2.75, 3.05) is 5.32 Å². The smallest absolute Gasteiger partial charge is 0.174 e. The van der Waals surface area contributed by atoms with Gasteiger partial charge < -0.3 is 19.7 Å². The molecule has 0 saturated heterocycles. The Hall–Kier alpha value is -2.79. The molecule has 3 aromatic rings. The minimum Gasteiger partial charge on any atom is -0.508 e. The highest BCUT2D eigenvalue weighted by atomic mass is 32.1. The van der Waals surface area contributed by atoms with Crippen LogP contribution >= 0.6 is 12.2 Å². The summed E-state index contributed by atoms with van der Waals surface area (Å²) in [5, 5.41) is 14.0. The van der Waals surface area contributed by atoms with Gasteiger partial charge >= 0.3 is 0 Å². The van der Waals surface area contributed by atoms with E-state index >= 15 is 0 Å². The van der Waals surface area contributed by atoms with Crippen LogP contribution in [0.1, 0.15) is 23.8 Å². The van der Waals surface area contributed by atoms with E-state index in [1.807, 2.05) is 47.4 Å². The van der Waals surface area contributed by atoms with Crippen LogP contribution < -0.4 is 5.32 Å². The molecule has 0 aliphatic heterocycles. The van der Waals surface area contributed by atoms with Crippen molar-refractivity contribution < 1.29 is 9.52 Å². The average Bonchev–Trinajstić information content (AvgIpc) is 3.16. The second-order valence-corrected chi connectivity index (χ2v) is 6.43. The van der Waals surface area contributed by atoms with Crippen LogP contribution in [0.25, 0.3) is 0 Å². The van der Waals surface area contributed by atoms with Crippen molar-refractivity contribution in [3.63, 3.8) is 0 Å². The standard InChI is InChI=1S/C21H22N2O2S/c1-2-16-9-11-18(12-10-16)22-21(26)23(15-19-7-5-13-25-19)14-17-6-3-4-8-20(17)24/h3-13,24H,2,14-15H2,1H3,(H,22,26). The fraction of sp³-hybridized carbons (Fsp3) is 0.190. The molecule has 2 N–H and O–H groups in total. The lowest BCUT2D eigenvalue weighted by atomic mass is 10.1. The molecule has 0 spiro atoms. The van der Waals surface area contributed by atoms with Crippen LogP contribution in [0.5, 0.6) is 5.75 Å². The van der Waals surface area contributed by atoms with Crippen molar-refractivity contribution >= 4 is 23.0 Å². The van der Waals surface area contributed by atoms with Gasteiger partial charge in [-0.2, -0.15) is 0 Å². The molecule has 0 atom stereocenters. The summed E-state index contributed by atoms with van der Waals surface area (Å²) in [6, 6.07) is 19.3. The van der Waals surface area contributed by atoms with Gasteiger partial charge in [-0.3, -0.25) is 0 Å². The fourth-order valence-corrected chi connectivity index (χ4v) is 2.91. The van der Waals surface area contributed by atoms with Crippen LogP contribution in [0.3, 0.4) is 0 Å². The molecule has 0 fully saturated rings. The molecule has 2 aromatic carbocycles. The Labute approximate surface area is 159 Å². The third kappa shape index (κ3) is 4.64. The van der Waals surface area contributed by atoms with Gasteiger partial charge in [-0.05, 0) is 54.5 Å². The Bertz CT molecular complexity index is 845. The number of phenols is 1. The molecule has 1 aromatic heterocycles. The number of nitrogens with one attached hydrogen (secondary N) is 1. The van der Waals surface area contributed by atoms with Crippen LogP contribution in [-0.2, 0) is 19.5 Å². The maximum atomic E-state index is 10.1. The fourth-order valence-electron chi connectivity index (χ4n) is 2.67. The SMILES string of the molecule is CCc1ccc(NC(=S)N(Cc2ccco2)Cc2ccccc2O)cc1. The van der Waals surface area contributed by atoms with Gasteiger partial charge in [-0.15, -0.1) is 0 Å². The first kappa shape index (κ1) is 18.0. The van der Waals surface area contributed by atoms with E-state index in [9.17, 15) is 5.11 Å². The molecule has 0 amide bonds. The molecule has 0 aliphatic rings. The number of aromatic hydroxyl groups is 1. The van der Waals surface area contributed by atoms with Gasteiger partial charge in [0.1, 0.15) is 11.5 Å². The third-order valence-corrected chi connectivity index (χ3v) is 4.54. The lowest BCUT2D eigenvalue weighted by molar-refractivity contribution is 0.353. The molecular weight excluding hydrogens is 344 g/mol. The number of rotatable bonds is 6. The van der Waals surface area contributed by atoms with Crippen molar-refractivity contribution in [1.29, 1.82) is 0 Å². The summed E-state index contributed by atoms with van der Waals surface area (Å²) in [7, 11) is 0. The first-order valence-electron chi connectivity index (χ1n) is 8.60. The van der Waals surface area contributed by atoms with Crippen molar-refractivity contribution in [1.82, 2.24) is 4.90 Å². The molecule has 134 valence electrons. The molecular formula is C21H22N2O2S. The molecule has 3 rings (SSSR count). The third-order valence-electron chi connectivity index (χ3n) is 4.18. The molecule has 5 heteroatoms. The van der Waals surface area contributed by atoms with E-state index in [0.29, 0.717) is 18.2 Å². The van der Waals surface area contributed by atoms with Gasteiger partial charge in [-0.1, -0.05) is 37.3 Å². The van der Waals surface area contributed by atoms with Crippen LogP contribution in [0.2, 0.25) is 0 Å². The zero-order valence-electron chi connectivity index (χ0n) is 14.7. The second-order valence-electron chi connectivity index (χ2n) is 6.04. The van der Waals surface area contributed by atoms with Gasteiger partial charge in [0.15, 0.2) is 5.11 Å². The quantitative estimate of drug-likeness (QED) is 0.605. The number of phenolic OH excluding ortho intramolecular Hbond substituents is 1. The highest BCUT2D eigenvalue weighted by molar-refractivity contribution is 7.80. The van der Waals surface area contributed by atoms with Crippen molar-refractivity contribution in [3.8, 4) is 5.75 Å². The predicted molar refractivity (Wildman–Crippen MR) is 108 cm³/mol. The lowest BCUT2D eigenvalue weighted by Crippen LogP contribution is -2.33. The number of nitrogens with zero attached hydrogens (tertiary/aromatic N) is 1. The Morgan fingerprint density at radius 1 is 1.04 bits per heavy atom. The van der Waals surface area contributed by atoms with Gasteiger partial charge in [0, 0.05) is 17.8 Å². The molecule has 0 bridgehead atoms. The average molecular weight is 366 g/mol. The van der Waals surface area contributed by atoms with E-state index in [0.717, 1.165) is 23.4 Å². The van der Waals surface area contributed by atoms with Crippen LogP contribution in [0.4, 0.5) is 5.69 Å². The Balaban J connectivity index is 1.77. The van der Waals surface area contributed by atoms with Crippen molar-refractivity contribution in [2.45, 2.75) is 26.4 Å². The lowest BCUT2D eigenvalue weighted by Gasteiger charge is -2.25. The summed E-state index contributed by atoms with van der Waals surface area (Å²) in [4.78, 5) is 1.97. The molecule has 0 unspecified atom stereocenters. The highest BCUT2D eigenvalue weighted by Crippen LogP contribution is 2.20. The zero-order chi connectivity index (χ0) is 18.4.